The molecule has 2 fully saturated rings. The number of allylic oxidation sites excluding steroid dienone is 1. The van der Waals surface area contributed by atoms with Gasteiger partial charge in [0.1, 0.15) is 12.1 Å². The van der Waals surface area contributed by atoms with Crippen molar-refractivity contribution in [2.75, 3.05) is 18.8 Å². The SMILES string of the molecule is C=CCNC(=O)C(=O)C(CC1CC1)NC(=O)[C@@H]1C([C@H](C)c2ccccc2)CCN1C(=O)[C@@H](NC(=O)NC1(CS(=O)C(C)(C)C)CC=CCC1)C(C)(C)C. The van der Waals surface area contributed by atoms with Gasteiger partial charge in [-0.05, 0) is 81.6 Å². The van der Waals surface area contributed by atoms with Gasteiger partial charge < -0.3 is 26.2 Å². The monoisotopic (exact) mass is 751 g/mol. The first kappa shape index (κ1) is 41.9. The van der Waals surface area contributed by atoms with Gasteiger partial charge >= 0.3 is 6.03 Å². The molecule has 12 heteroatoms. The van der Waals surface area contributed by atoms with Crippen LogP contribution in [0.3, 0.4) is 0 Å². The lowest BCUT2D eigenvalue weighted by Crippen LogP contribution is -2.63. The Kier molecular flexibility index (Phi) is 13.9. The Morgan fingerprint density at radius 3 is 2.25 bits per heavy atom. The second-order valence-electron chi connectivity index (χ2n) is 17.2. The third-order valence-electron chi connectivity index (χ3n) is 10.8. The molecule has 1 aromatic rings. The molecule has 53 heavy (non-hydrogen) atoms. The van der Waals surface area contributed by atoms with Crippen molar-refractivity contribution in [1.82, 2.24) is 26.2 Å². The maximum atomic E-state index is 14.8. The van der Waals surface area contributed by atoms with E-state index in [0.717, 1.165) is 24.8 Å². The zero-order chi connectivity index (χ0) is 39.1. The van der Waals surface area contributed by atoms with E-state index >= 15 is 0 Å². The molecule has 1 aromatic carbocycles. The van der Waals surface area contributed by atoms with Gasteiger partial charge in [0, 0.05) is 34.4 Å². The highest BCUT2D eigenvalue weighted by atomic mass is 32.2. The van der Waals surface area contributed by atoms with Crippen LogP contribution in [0.5, 0.6) is 0 Å². The lowest BCUT2D eigenvalue weighted by Gasteiger charge is -2.40. The maximum Gasteiger partial charge on any atom is 0.315 e. The number of likely N-dealkylation sites (tertiary alicyclic amines) is 1. The van der Waals surface area contributed by atoms with Crippen molar-refractivity contribution in [3.63, 3.8) is 0 Å². The molecule has 0 bridgehead atoms. The number of nitrogens with one attached hydrogen (secondary N) is 4. The average molecular weight is 752 g/mol. The molecule has 4 N–H and O–H groups in total. The summed E-state index contributed by atoms with van der Waals surface area (Å²) in [4.78, 5) is 70.8. The Morgan fingerprint density at radius 2 is 1.68 bits per heavy atom. The summed E-state index contributed by atoms with van der Waals surface area (Å²) in [5.41, 5.74) is -0.473. The first-order chi connectivity index (χ1) is 24.9. The van der Waals surface area contributed by atoms with E-state index in [0.29, 0.717) is 25.7 Å². The summed E-state index contributed by atoms with van der Waals surface area (Å²) in [7, 11) is -1.23. The molecule has 3 aliphatic rings. The van der Waals surface area contributed by atoms with E-state index in [1.165, 1.54) is 6.08 Å². The molecule has 1 saturated carbocycles. The zero-order valence-corrected chi connectivity index (χ0v) is 33.5. The summed E-state index contributed by atoms with van der Waals surface area (Å²) in [5, 5.41) is 11.5. The Labute approximate surface area is 318 Å². The Balaban J connectivity index is 1.63. The van der Waals surface area contributed by atoms with E-state index < -0.39 is 74.2 Å². The predicted molar refractivity (Wildman–Crippen MR) is 209 cm³/mol. The van der Waals surface area contributed by atoms with Gasteiger partial charge in [-0.1, -0.05) is 89.1 Å². The molecule has 4 rings (SSSR count). The van der Waals surface area contributed by atoms with Gasteiger partial charge in [-0.2, -0.15) is 0 Å². The fourth-order valence-electron chi connectivity index (χ4n) is 7.37. The number of amides is 5. The molecule has 292 valence electrons. The number of rotatable bonds is 15. The van der Waals surface area contributed by atoms with Crippen LogP contribution in [0.4, 0.5) is 4.79 Å². The van der Waals surface area contributed by atoms with E-state index in [2.05, 4.69) is 33.9 Å². The molecule has 2 aliphatic carbocycles. The highest BCUT2D eigenvalue weighted by Gasteiger charge is 2.49. The Hall–Kier alpha value is -3.80. The molecule has 1 aliphatic heterocycles. The molecule has 1 saturated heterocycles. The van der Waals surface area contributed by atoms with Crippen molar-refractivity contribution in [2.24, 2.45) is 17.3 Å². The van der Waals surface area contributed by atoms with Gasteiger partial charge in [-0.25, -0.2) is 4.79 Å². The summed E-state index contributed by atoms with van der Waals surface area (Å²) < 4.78 is 12.8. The molecular weight excluding hydrogens is 691 g/mol. The van der Waals surface area contributed by atoms with E-state index in [1.807, 2.05) is 84.9 Å². The molecule has 5 amide bonds. The number of nitrogens with zero attached hydrogens (tertiary/aromatic N) is 1. The third kappa shape index (κ3) is 11.1. The van der Waals surface area contributed by atoms with E-state index in [-0.39, 0.29) is 36.6 Å². The van der Waals surface area contributed by atoms with Crippen molar-refractivity contribution in [3.8, 4) is 0 Å². The zero-order valence-electron chi connectivity index (χ0n) is 32.7. The summed E-state index contributed by atoms with van der Waals surface area (Å²) in [6.45, 7) is 17.4. The number of hydrogen-bond acceptors (Lipinski definition) is 6. The normalized spacial score (nSPS) is 23.9. The Bertz CT molecular complexity index is 1560. The van der Waals surface area contributed by atoms with Crippen LogP contribution in [0.25, 0.3) is 0 Å². The highest BCUT2D eigenvalue weighted by molar-refractivity contribution is 7.86. The quantitative estimate of drug-likeness (QED) is 0.148. The standard InChI is InChI=1S/C41H61N5O6S/c1-9-23-42-36(49)33(47)31(25-28-18-19-28)43-35(48)32-30(27(2)29-16-12-10-13-17-29)20-24-46(32)37(50)34(39(3,4)5)44-38(51)45-41(21-14-11-15-22-41)26-53(52)40(6,7)8/h9-14,16-17,27-28,30-32,34H,1,15,18-26H2,2-8H3,(H,42,49)(H,43,48)(H2,44,45,51)/t27-,30?,31?,32+,34-,41?,53?/m1/s1. The fourth-order valence-corrected chi connectivity index (χ4v) is 8.64. The number of hydrogen-bond donors (Lipinski definition) is 4. The van der Waals surface area contributed by atoms with Crippen LogP contribution in [0.15, 0.2) is 55.1 Å². The predicted octanol–water partition coefficient (Wildman–Crippen LogP) is 4.90. The number of ketones is 1. The minimum absolute atomic E-state index is 0.120. The number of urea groups is 1. The summed E-state index contributed by atoms with van der Waals surface area (Å²) in [6, 6.07) is 6.27. The summed E-state index contributed by atoms with van der Waals surface area (Å²) in [6.07, 6.45) is 10.1. The first-order valence-electron chi connectivity index (χ1n) is 19.1. The van der Waals surface area contributed by atoms with Crippen LogP contribution >= 0.6 is 0 Å². The molecule has 4 unspecified atom stereocenters. The number of carbonyl (C=O) groups excluding carboxylic acids is 5. The van der Waals surface area contributed by atoms with Crippen LogP contribution in [0.2, 0.25) is 0 Å². The lowest BCUT2D eigenvalue weighted by molar-refractivity contribution is -0.144. The second-order valence-corrected chi connectivity index (χ2v) is 19.4. The lowest BCUT2D eigenvalue weighted by atomic mass is 9.81. The fraction of sp³-hybridized carbons (Fsp3) is 0.634. The highest BCUT2D eigenvalue weighted by Crippen LogP contribution is 2.39. The topological polar surface area (TPSA) is 154 Å². The van der Waals surface area contributed by atoms with Crippen LogP contribution in [-0.4, -0.2) is 85.9 Å². The van der Waals surface area contributed by atoms with Gasteiger partial charge in [-0.3, -0.25) is 23.4 Å². The van der Waals surface area contributed by atoms with Crippen molar-refractivity contribution in [1.29, 1.82) is 0 Å². The van der Waals surface area contributed by atoms with Gasteiger partial charge in [0.05, 0.1) is 11.6 Å². The molecular formula is C41H61N5O6S. The van der Waals surface area contributed by atoms with E-state index in [1.54, 1.807) is 4.90 Å². The largest absolute Gasteiger partial charge is 0.346 e. The summed E-state index contributed by atoms with van der Waals surface area (Å²) in [5.74, 6) is -2.31. The number of Topliss-reactive ketones (excluding diaryl/α,β-unsaturated/α-hetero) is 1. The molecule has 11 nitrogen and oxygen atoms in total. The van der Waals surface area contributed by atoms with Crippen molar-refractivity contribution in [2.45, 2.75) is 128 Å². The second kappa shape index (κ2) is 17.6. The summed E-state index contributed by atoms with van der Waals surface area (Å²) >= 11 is 0. The van der Waals surface area contributed by atoms with Crippen molar-refractivity contribution < 1.29 is 28.2 Å². The van der Waals surface area contributed by atoms with Crippen LogP contribution < -0.4 is 21.3 Å². The number of benzene rings is 1. The maximum absolute atomic E-state index is 14.8. The van der Waals surface area contributed by atoms with Crippen molar-refractivity contribution >= 4 is 40.3 Å². The third-order valence-corrected chi connectivity index (χ3v) is 13.0. The molecule has 0 spiro atoms. The van der Waals surface area contributed by atoms with E-state index in [4.69, 9.17) is 0 Å². The van der Waals surface area contributed by atoms with Crippen LogP contribution in [0, 0.1) is 17.3 Å². The van der Waals surface area contributed by atoms with Gasteiger partial charge in [0.15, 0.2) is 0 Å². The first-order valence-corrected chi connectivity index (χ1v) is 20.4. The number of carbonyl (C=O) groups is 5. The van der Waals surface area contributed by atoms with Crippen LogP contribution in [-0.2, 0) is 30.0 Å². The molecule has 0 aromatic heterocycles. The average Bonchev–Trinajstić information content (AvgIpc) is 3.81. The van der Waals surface area contributed by atoms with Crippen LogP contribution in [0.1, 0.15) is 105 Å². The van der Waals surface area contributed by atoms with E-state index in [9.17, 15) is 28.2 Å². The van der Waals surface area contributed by atoms with Crippen molar-refractivity contribution in [3.05, 3.63) is 60.7 Å². The molecule has 0 radical (unpaired) electrons. The smallest absolute Gasteiger partial charge is 0.315 e. The van der Waals surface area contributed by atoms with Gasteiger partial charge in [-0.15, -0.1) is 6.58 Å². The molecule has 1 heterocycles. The van der Waals surface area contributed by atoms with Gasteiger partial charge in [0.2, 0.25) is 17.6 Å². The minimum atomic E-state index is -1.23. The minimum Gasteiger partial charge on any atom is -0.346 e. The molecule has 7 atom stereocenters. The van der Waals surface area contributed by atoms with Gasteiger partial charge in [0.25, 0.3) is 5.91 Å². The Morgan fingerprint density at radius 1 is 1.00 bits per heavy atom.